The standard InChI is InChI=1S/C18H22N2O3S/c1-4-13-19-18(21)16-7-5-6-8-17(16)20(3)24(22,23)15-11-9-14(2)10-12-15/h5-12H,4,13H2,1-3H3,(H,19,21). The molecule has 0 aliphatic rings. The van der Waals surface area contributed by atoms with E-state index in [1.165, 1.54) is 7.05 Å². The summed E-state index contributed by atoms with van der Waals surface area (Å²) in [5, 5.41) is 2.78. The van der Waals surface area contributed by atoms with Gasteiger partial charge in [0.2, 0.25) is 0 Å². The van der Waals surface area contributed by atoms with Crippen LogP contribution < -0.4 is 9.62 Å². The summed E-state index contributed by atoms with van der Waals surface area (Å²) in [7, 11) is -2.27. The summed E-state index contributed by atoms with van der Waals surface area (Å²) in [5.41, 5.74) is 1.67. The van der Waals surface area contributed by atoms with Crippen molar-refractivity contribution in [3.8, 4) is 0 Å². The Morgan fingerprint density at radius 1 is 1.08 bits per heavy atom. The molecule has 0 saturated carbocycles. The summed E-state index contributed by atoms with van der Waals surface area (Å²) in [6.07, 6.45) is 0.811. The number of hydrogen-bond donors (Lipinski definition) is 1. The third kappa shape index (κ3) is 3.76. The highest BCUT2D eigenvalue weighted by Gasteiger charge is 2.24. The molecule has 0 saturated heterocycles. The van der Waals surface area contributed by atoms with Crippen molar-refractivity contribution >= 4 is 21.6 Å². The van der Waals surface area contributed by atoms with E-state index in [-0.39, 0.29) is 10.8 Å². The zero-order valence-electron chi connectivity index (χ0n) is 14.1. The van der Waals surface area contributed by atoms with Crippen LogP contribution in [0.4, 0.5) is 5.69 Å². The number of sulfonamides is 1. The molecule has 1 amide bonds. The molecule has 6 heteroatoms. The highest BCUT2D eigenvalue weighted by Crippen LogP contribution is 2.25. The van der Waals surface area contributed by atoms with Gasteiger partial charge in [-0.2, -0.15) is 0 Å². The Labute approximate surface area is 143 Å². The van der Waals surface area contributed by atoms with Gasteiger partial charge < -0.3 is 5.32 Å². The lowest BCUT2D eigenvalue weighted by Crippen LogP contribution is -2.31. The molecule has 2 aromatic rings. The summed E-state index contributed by atoms with van der Waals surface area (Å²) >= 11 is 0. The van der Waals surface area contributed by atoms with Crippen molar-refractivity contribution in [1.82, 2.24) is 5.32 Å². The summed E-state index contributed by atoms with van der Waals surface area (Å²) in [6, 6.07) is 13.3. The molecule has 2 aromatic carbocycles. The number of benzene rings is 2. The fourth-order valence-corrected chi connectivity index (χ4v) is 3.49. The van der Waals surface area contributed by atoms with Crippen LogP contribution in [0.1, 0.15) is 29.3 Å². The van der Waals surface area contributed by atoms with Crippen molar-refractivity contribution in [2.45, 2.75) is 25.2 Å². The van der Waals surface area contributed by atoms with Gasteiger partial charge in [-0.1, -0.05) is 36.8 Å². The molecular weight excluding hydrogens is 324 g/mol. The average Bonchev–Trinajstić information content (AvgIpc) is 2.59. The van der Waals surface area contributed by atoms with E-state index in [4.69, 9.17) is 0 Å². The molecule has 2 rings (SSSR count). The molecule has 128 valence electrons. The molecule has 0 unspecified atom stereocenters. The molecular formula is C18H22N2O3S. The van der Waals surface area contributed by atoms with Gasteiger partial charge in [0.25, 0.3) is 15.9 Å². The van der Waals surface area contributed by atoms with Crippen molar-refractivity contribution < 1.29 is 13.2 Å². The summed E-state index contributed by atoms with van der Waals surface area (Å²) in [4.78, 5) is 12.5. The molecule has 0 aliphatic heterocycles. The Morgan fingerprint density at radius 3 is 2.33 bits per heavy atom. The van der Waals surface area contributed by atoms with Crippen LogP contribution in [-0.2, 0) is 10.0 Å². The molecule has 0 fully saturated rings. The smallest absolute Gasteiger partial charge is 0.264 e. The van der Waals surface area contributed by atoms with E-state index in [0.29, 0.717) is 17.8 Å². The maximum atomic E-state index is 12.8. The fraction of sp³-hybridized carbons (Fsp3) is 0.278. The molecule has 0 bridgehead atoms. The first-order valence-electron chi connectivity index (χ1n) is 7.80. The highest BCUT2D eigenvalue weighted by molar-refractivity contribution is 7.92. The van der Waals surface area contributed by atoms with Crippen LogP contribution in [0.15, 0.2) is 53.4 Å². The SMILES string of the molecule is CCCNC(=O)c1ccccc1N(C)S(=O)(=O)c1ccc(C)cc1. The predicted molar refractivity (Wildman–Crippen MR) is 95.8 cm³/mol. The third-order valence-corrected chi connectivity index (χ3v) is 5.49. The van der Waals surface area contributed by atoms with Crippen molar-refractivity contribution in [3.63, 3.8) is 0 Å². The van der Waals surface area contributed by atoms with Gasteiger partial charge in [0.1, 0.15) is 0 Å². The monoisotopic (exact) mass is 346 g/mol. The van der Waals surface area contributed by atoms with Crippen molar-refractivity contribution in [3.05, 3.63) is 59.7 Å². The Kier molecular flexibility index (Phi) is 5.62. The van der Waals surface area contributed by atoms with Crippen molar-refractivity contribution in [1.29, 1.82) is 0 Å². The van der Waals surface area contributed by atoms with E-state index in [1.807, 2.05) is 13.8 Å². The van der Waals surface area contributed by atoms with Crippen molar-refractivity contribution in [2.24, 2.45) is 0 Å². The van der Waals surface area contributed by atoms with Crippen LogP contribution in [0.25, 0.3) is 0 Å². The van der Waals surface area contributed by atoms with Gasteiger partial charge in [-0.25, -0.2) is 8.42 Å². The molecule has 5 nitrogen and oxygen atoms in total. The van der Waals surface area contributed by atoms with Gasteiger partial charge in [0.05, 0.1) is 16.1 Å². The van der Waals surface area contributed by atoms with E-state index in [0.717, 1.165) is 16.3 Å². The van der Waals surface area contributed by atoms with Crippen LogP contribution in [0.2, 0.25) is 0 Å². The molecule has 0 heterocycles. The lowest BCUT2D eigenvalue weighted by atomic mass is 10.1. The maximum Gasteiger partial charge on any atom is 0.264 e. The first-order valence-corrected chi connectivity index (χ1v) is 9.24. The van der Waals surface area contributed by atoms with Gasteiger partial charge in [-0.3, -0.25) is 9.10 Å². The zero-order valence-corrected chi connectivity index (χ0v) is 14.9. The van der Waals surface area contributed by atoms with Crippen LogP contribution in [0.3, 0.4) is 0 Å². The number of rotatable bonds is 6. The first-order chi connectivity index (χ1) is 11.4. The van der Waals surface area contributed by atoms with Crippen molar-refractivity contribution in [2.75, 3.05) is 17.9 Å². The summed E-state index contributed by atoms with van der Waals surface area (Å²) < 4.78 is 26.8. The number of anilines is 1. The number of hydrogen-bond acceptors (Lipinski definition) is 3. The molecule has 0 spiro atoms. The minimum Gasteiger partial charge on any atom is -0.352 e. The lowest BCUT2D eigenvalue weighted by Gasteiger charge is -2.22. The van der Waals surface area contributed by atoms with E-state index in [2.05, 4.69) is 5.32 Å². The number of nitrogens with one attached hydrogen (secondary N) is 1. The first kappa shape index (κ1) is 18.0. The second-order valence-corrected chi connectivity index (χ2v) is 7.53. The summed E-state index contributed by atoms with van der Waals surface area (Å²) in [6.45, 7) is 4.40. The van der Waals surface area contributed by atoms with Gasteiger partial charge in [-0.15, -0.1) is 0 Å². The van der Waals surface area contributed by atoms with Crippen LogP contribution in [0.5, 0.6) is 0 Å². The Hall–Kier alpha value is -2.34. The van der Waals surface area contributed by atoms with Crippen LogP contribution in [-0.4, -0.2) is 27.9 Å². The topological polar surface area (TPSA) is 66.5 Å². The quantitative estimate of drug-likeness (QED) is 0.874. The van der Waals surface area contributed by atoms with E-state index in [1.54, 1.807) is 48.5 Å². The zero-order chi connectivity index (χ0) is 17.7. The number of carbonyl (C=O) groups excluding carboxylic acids is 1. The highest BCUT2D eigenvalue weighted by atomic mass is 32.2. The number of nitrogens with zero attached hydrogens (tertiary/aromatic N) is 1. The molecule has 24 heavy (non-hydrogen) atoms. The molecule has 0 atom stereocenters. The minimum absolute atomic E-state index is 0.194. The average molecular weight is 346 g/mol. The third-order valence-electron chi connectivity index (χ3n) is 3.70. The van der Waals surface area contributed by atoms with E-state index in [9.17, 15) is 13.2 Å². The van der Waals surface area contributed by atoms with E-state index >= 15 is 0 Å². The van der Waals surface area contributed by atoms with Gasteiger partial charge in [0, 0.05) is 13.6 Å². The second-order valence-electron chi connectivity index (χ2n) is 5.56. The van der Waals surface area contributed by atoms with Crippen LogP contribution >= 0.6 is 0 Å². The van der Waals surface area contributed by atoms with Gasteiger partial charge in [0.15, 0.2) is 0 Å². The van der Waals surface area contributed by atoms with Crippen LogP contribution in [0, 0.1) is 6.92 Å². The molecule has 0 radical (unpaired) electrons. The largest absolute Gasteiger partial charge is 0.352 e. The lowest BCUT2D eigenvalue weighted by molar-refractivity contribution is 0.0954. The second kappa shape index (κ2) is 7.49. The number of carbonyl (C=O) groups is 1. The minimum atomic E-state index is -3.73. The number of para-hydroxylation sites is 1. The molecule has 0 aliphatic carbocycles. The van der Waals surface area contributed by atoms with E-state index < -0.39 is 10.0 Å². The van der Waals surface area contributed by atoms with Gasteiger partial charge in [-0.05, 0) is 37.6 Å². The number of amides is 1. The normalized spacial score (nSPS) is 11.1. The predicted octanol–water partition coefficient (Wildman–Crippen LogP) is 2.96. The molecule has 0 aromatic heterocycles. The van der Waals surface area contributed by atoms with Gasteiger partial charge >= 0.3 is 0 Å². The Balaban J connectivity index is 2.40. The Bertz CT molecular complexity index is 814. The summed E-state index contributed by atoms with van der Waals surface area (Å²) in [5.74, 6) is -0.279. The maximum absolute atomic E-state index is 12.8. The number of aryl methyl sites for hydroxylation is 1. The Morgan fingerprint density at radius 2 is 1.71 bits per heavy atom. The molecule has 1 N–H and O–H groups in total. The fourth-order valence-electron chi connectivity index (χ4n) is 2.27.